The Morgan fingerprint density at radius 1 is 1.33 bits per heavy atom. The lowest BCUT2D eigenvalue weighted by Crippen LogP contribution is -2.24. The quantitative estimate of drug-likeness (QED) is 0.693. The van der Waals surface area contributed by atoms with Crippen LogP contribution in [-0.2, 0) is 16.1 Å². The predicted octanol–water partition coefficient (Wildman–Crippen LogP) is 2.86. The number of para-hydroxylation sites is 1. The summed E-state index contributed by atoms with van der Waals surface area (Å²) >= 11 is 0. The van der Waals surface area contributed by atoms with E-state index in [0.29, 0.717) is 18.7 Å². The van der Waals surface area contributed by atoms with E-state index in [-0.39, 0.29) is 5.97 Å². The van der Waals surface area contributed by atoms with E-state index in [1.54, 1.807) is 10.9 Å². The predicted molar refractivity (Wildman–Crippen MR) is 82.5 cm³/mol. The van der Waals surface area contributed by atoms with Crippen LogP contribution in [0.1, 0.15) is 27.2 Å². The molecule has 1 heterocycles. The van der Waals surface area contributed by atoms with Crippen molar-refractivity contribution < 1.29 is 9.53 Å². The molecule has 0 radical (unpaired) electrons. The highest BCUT2D eigenvalue weighted by molar-refractivity contribution is 5.75. The van der Waals surface area contributed by atoms with E-state index in [9.17, 15) is 4.79 Å². The second-order valence-corrected chi connectivity index (χ2v) is 5.92. The molecular weight excluding hydrogens is 266 g/mol. The molecule has 5 heteroatoms. The first kappa shape index (κ1) is 15.1. The van der Waals surface area contributed by atoms with Gasteiger partial charge in [0.1, 0.15) is 5.60 Å². The SMILES string of the molecule is CC(C)(C)OC(=O)CCn1cc(-c2ccccc2N)cn1. The zero-order valence-electron chi connectivity index (χ0n) is 12.7. The van der Waals surface area contributed by atoms with E-state index >= 15 is 0 Å². The van der Waals surface area contributed by atoms with E-state index in [4.69, 9.17) is 10.5 Å². The maximum Gasteiger partial charge on any atom is 0.308 e. The lowest BCUT2D eigenvalue weighted by molar-refractivity contribution is -0.155. The second kappa shape index (κ2) is 5.99. The highest BCUT2D eigenvalue weighted by Gasteiger charge is 2.16. The summed E-state index contributed by atoms with van der Waals surface area (Å²) in [4.78, 5) is 11.7. The van der Waals surface area contributed by atoms with Crippen molar-refractivity contribution in [3.8, 4) is 11.1 Å². The molecule has 0 atom stereocenters. The molecule has 21 heavy (non-hydrogen) atoms. The maximum atomic E-state index is 11.7. The second-order valence-electron chi connectivity index (χ2n) is 5.92. The molecule has 2 N–H and O–H groups in total. The summed E-state index contributed by atoms with van der Waals surface area (Å²) in [5, 5.41) is 4.26. The molecule has 1 aromatic heterocycles. The van der Waals surface area contributed by atoms with Gasteiger partial charge in [0.15, 0.2) is 0 Å². The fourth-order valence-electron chi connectivity index (χ4n) is 1.98. The molecular formula is C16H21N3O2. The number of anilines is 1. The number of aryl methyl sites for hydroxylation is 1. The molecule has 2 rings (SSSR count). The van der Waals surface area contributed by atoms with Crippen molar-refractivity contribution in [1.82, 2.24) is 9.78 Å². The Bertz CT molecular complexity index is 626. The van der Waals surface area contributed by atoms with Crippen molar-refractivity contribution in [2.24, 2.45) is 0 Å². The van der Waals surface area contributed by atoms with E-state index in [1.807, 2.05) is 51.2 Å². The van der Waals surface area contributed by atoms with E-state index in [1.165, 1.54) is 0 Å². The van der Waals surface area contributed by atoms with Crippen molar-refractivity contribution in [3.05, 3.63) is 36.7 Å². The minimum absolute atomic E-state index is 0.223. The average molecular weight is 287 g/mol. The zero-order valence-corrected chi connectivity index (χ0v) is 12.7. The number of hydrogen-bond donors (Lipinski definition) is 1. The Labute approximate surface area is 124 Å². The summed E-state index contributed by atoms with van der Waals surface area (Å²) in [6.07, 6.45) is 3.93. The Kier molecular flexibility index (Phi) is 4.31. The molecule has 0 spiro atoms. The van der Waals surface area contributed by atoms with E-state index in [0.717, 1.165) is 11.1 Å². The molecule has 5 nitrogen and oxygen atoms in total. The van der Waals surface area contributed by atoms with Crippen LogP contribution in [0.2, 0.25) is 0 Å². The van der Waals surface area contributed by atoms with Gasteiger partial charge in [0.05, 0.1) is 19.2 Å². The summed E-state index contributed by atoms with van der Waals surface area (Å²) in [6, 6.07) is 7.63. The van der Waals surface area contributed by atoms with Gasteiger partial charge in [-0.25, -0.2) is 0 Å². The highest BCUT2D eigenvalue weighted by atomic mass is 16.6. The van der Waals surface area contributed by atoms with Gasteiger partial charge < -0.3 is 10.5 Å². The molecule has 0 fully saturated rings. The average Bonchev–Trinajstić information content (AvgIpc) is 2.83. The minimum Gasteiger partial charge on any atom is -0.460 e. The molecule has 0 saturated carbocycles. The van der Waals surface area contributed by atoms with Crippen molar-refractivity contribution in [1.29, 1.82) is 0 Å². The Balaban J connectivity index is 1.98. The third-order valence-electron chi connectivity index (χ3n) is 2.87. The van der Waals surface area contributed by atoms with Crippen molar-refractivity contribution >= 4 is 11.7 Å². The normalized spacial score (nSPS) is 11.4. The minimum atomic E-state index is -0.454. The molecule has 0 aliphatic rings. The lowest BCUT2D eigenvalue weighted by Gasteiger charge is -2.19. The fraction of sp³-hybridized carbons (Fsp3) is 0.375. The lowest BCUT2D eigenvalue weighted by atomic mass is 10.1. The molecule has 112 valence electrons. The third-order valence-corrected chi connectivity index (χ3v) is 2.87. The monoisotopic (exact) mass is 287 g/mol. The van der Waals surface area contributed by atoms with Gasteiger partial charge in [-0.05, 0) is 26.8 Å². The molecule has 0 aliphatic carbocycles. The van der Waals surface area contributed by atoms with E-state index in [2.05, 4.69) is 5.10 Å². The molecule has 0 aliphatic heterocycles. The Morgan fingerprint density at radius 2 is 2.05 bits per heavy atom. The number of carbonyl (C=O) groups excluding carboxylic acids is 1. The summed E-state index contributed by atoms with van der Waals surface area (Å²) in [6.45, 7) is 6.06. The zero-order chi connectivity index (χ0) is 15.5. The smallest absolute Gasteiger partial charge is 0.308 e. The van der Waals surface area contributed by atoms with Crippen molar-refractivity contribution in [2.75, 3.05) is 5.73 Å². The van der Waals surface area contributed by atoms with Crippen molar-refractivity contribution in [2.45, 2.75) is 39.3 Å². The van der Waals surface area contributed by atoms with Crippen LogP contribution in [0.4, 0.5) is 5.69 Å². The number of nitrogens with two attached hydrogens (primary N) is 1. The number of esters is 1. The maximum absolute atomic E-state index is 11.7. The molecule has 0 bridgehead atoms. The number of carbonyl (C=O) groups is 1. The molecule has 2 aromatic rings. The van der Waals surface area contributed by atoms with Gasteiger partial charge in [-0.2, -0.15) is 5.10 Å². The first-order chi connectivity index (χ1) is 9.85. The van der Waals surface area contributed by atoms with Crippen LogP contribution in [0.15, 0.2) is 36.7 Å². The largest absolute Gasteiger partial charge is 0.460 e. The fourth-order valence-corrected chi connectivity index (χ4v) is 1.98. The Morgan fingerprint density at radius 3 is 2.71 bits per heavy atom. The number of nitrogens with zero attached hydrogens (tertiary/aromatic N) is 2. The Hall–Kier alpha value is -2.30. The summed E-state index contributed by atoms with van der Waals surface area (Å²) in [5.74, 6) is -0.223. The number of nitrogen functional groups attached to an aromatic ring is 1. The number of aromatic nitrogens is 2. The molecule has 1 aromatic carbocycles. The van der Waals surface area contributed by atoms with Gasteiger partial charge in [0.2, 0.25) is 0 Å². The number of rotatable bonds is 4. The van der Waals surface area contributed by atoms with Crippen LogP contribution in [0.25, 0.3) is 11.1 Å². The first-order valence-electron chi connectivity index (χ1n) is 6.94. The van der Waals surface area contributed by atoms with Crippen LogP contribution in [0, 0.1) is 0 Å². The number of hydrogen-bond acceptors (Lipinski definition) is 4. The van der Waals surface area contributed by atoms with Gasteiger partial charge >= 0.3 is 5.97 Å². The van der Waals surface area contributed by atoms with Gasteiger partial charge in [-0.3, -0.25) is 9.48 Å². The summed E-state index contributed by atoms with van der Waals surface area (Å²) in [5.41, 5.74) is 8.09. The van der Waals surface area contributed by atoms with Gasteiger partial charge in [0.25, 0.3) is 0 Å². The van der Waals surface area contributed by atoms with Crippen LogP contribution >= 0.6 is 0 Å². The number of ether oxygens (including phenoxy) is 1. The van der Waals surface area contributed by atoms with Crippen LogP contribution in [0.5, 0.6) is 0 Å². The third kappa shape index (κ3) is 4.34. The molecule has 0 amide bonds. The summed E-state index contributed by atoms with van der Waals surface area (Å²) in [7, 11) is 0. The van der Waals surface area contributed by atoms with Crippen LogP contribution in [0.3, 0.4) is 0 Å². The molecule has 0 saturated heterocycles. The number of benzene rings is 1. The topological polar surface area (TPSA) is 70.1 Å². The van der Waals surface area contributed by atoms with Crippen molar-refractivity contribution in [3.63, 3.8) is 0 Å². The molecule has 0 unspecified atom stereocenters. The van der Waals surface area contributed by atoms with Gasteiger partial charge in [-0.15, -0.1) is 0 Å². The first-order valence-corrected chi connectivity index (χ1v) is 6.94. The standard InChI is InChI=1S/C16H21N3O2/c1-16(2,3)21-15(20)8-9-19-11-12(10-18-19)13-6-4-5-7-14(13)17/h4-7,10-11H,8-9,17H2,1-3H3. The van der Waals surface area contributed by atoms with Gasteiger partial charge in [0, 0.05) is 23.0 Å². The van der Waals surface area contributed by atoms with Crippen LogP contribution < -0.4 is 5.73 Å². The highest BCUT2D eigenvalue weighted by Crippen LogP contribution is 2.24. The van der Waals surface area contributed by atoms with Crippen LogP contribution in [-0.4, -0.2) is 21.4 Å². The van der Waals surface area contributed by atoms with E-state index < -0.39 is 5.60 Å². The van der Waals surface area contributed by atoms with Gasteiger partial charge in [-0.1, -0.05) is 18.2 Å². The summed E-state index contributed by atoms with van der Waals surface area (Å²) < 4.78 is 7.00.